The van der Waals surface area contributed by atoms with Crippen LogP contribution in [0.1, 0.15) is 103 Å². The molecular weight excluding hydrogens is 719 g/mol. The van der Waals surface area contributed by atoms with Crippen LogP contribution in [0.25, 0.3) is 33.2 Å². The molecule has 1 radical (unpaired) electrons. The fourth-order valence-corrected chi connectivity index (χ4v) is 7.20. The molecular formula is C40H46IrNO2-. The zero-order chi connectivity index (χ0) is 31.1. The predicted octanol–water partition coefficient (Wildman–Crippen LogP) is 10.5. The normalized spacial score (nSPS) is 15.2. The molecule has 4 aromatic rings. The second-order valence-electron chi connectivity index (χ2n) is 13.2. The molecule has 0 spiro atoms. The largest absolute Gasteiger partial charge is 0.512 e. The number of aliphatic hydroxyl groups excluding tert-OH is 1. The second kappa shape index (κ2) is 13.1. The van der Waals surface area contributed by atoms with Gasteiger partial charge in [0.1, 0.15) is 0 Å². The zero-order valence-corrected chi connectivity index (χ0v) is 29.9. The van der Waals surface area contributed by atoms with Gasteiger partial charge in [0, 0.05) is 55.3 Å². The number of aromatic nitrogens is 1. The fourth-order valence-electron chi connectivity index (χ4n) is 7.20. The number of fused-ring (bicyclic) bond motifs is 3. The van der Waals surface area contributed by atoms with Gasteiger partial charge in [0.2, 0.25) is 0 Å². The zero-order valence-electron chi connectivity index (χ0n) is 27.5. The van der Waals surface area contributed by atoms with Crippen molar-refractivity contribution in [1.29, 1.82) is 0 Å². The van der Waals surface area contributed by atoms with Crippen molar-refractivity contribution in [1.82, 2.24) is 4.98 Å². The third-order valence-electron chi connectivity index (χ3n) is 10.1. The number of pyridine rings is 1. The minimum Gasteiger partial charge on any atom is -0.512 e. The van der Waals surface area contributed by atoms with Gasteiger partial charge in [-0.15, -0.1) is 23.6 Å². The summed E-state index contributed by atoms with van der Waals surface area (Å²) in [7, 11) is 0. The minimum atomic E-state index is -0.125. The summed E-state index contributed by atoms with van der Waals surface area (Å²) >= 11 is 0. The van der Waals surface area contributed by atoms with E-state index in [1.165, 1.54) is 44.8 Å². The topological polar surface area (TPSA) is 50.2 Å². The van der Waals surface area contributed by atoms with Crippen molar-refractivity contribution in [3.05, 3.63) is 101 Å². The van der Waals surface area contributed by atoms with E-state index < -0.39 is 0 Å². The maximum absolute atomic E-state index is 11.7. The van der Waals surface area contributed by atoms with Crippen LogP contribution in [0.2, 0.25) is 0 Å². The maximum Gasteiger partial charge on any atom is 0.162 e. The van der Waals surface area contributed by atoms with E-state index in [0.29, 0.717) is 0 Å². The molecule has 3 nitrogen and oxygen atoms in total. The maximum atomic E-state index is 11.7. The van der Waals surface area contributed by atoms with Crippen LogP contribution in [0.3, 0.4) is 0 Å². The van der Waals surface area contributed by atoms with Crippen LogP contribution >= 0.6 is 0 Å². The Hall–Kier alpha value is -3.07. The van der Waals surface area contributed by atoms with Crippen molar-refractivity contribution < 1.29 is 30.0 Å². The molecule has 3 aromatic carbocycles. The molecule has 2 aliphatic rings. The number of aliphatic hydroxyl groups is 1. The van der Waals surface area contributed by atoms with Gasteiger partial charge >= 0.3 is 0 Å². The van der Waals surface area contributed by atoms with E-state index in [4.69, 9.17) is 4.98 Å². The monoisotopic (exact) mass is 765 g/mol. The fraction of sp³-hybridized carbons (Fsp3) is 0.400. The Balaban J connectivity index is 0.000000239. The smallest absolute Gasteiger partial charge is 0.162 e. The number of allylic oxidation sites excluding steroid dienone is 2. The molecule has 0 amide bonds. The molecule has 44 heavy (non-hydrogen) atoms. The molecule has 0 atom stereocenters. The van der Waals surface area contributed by atoms with Crippen molar-refractivity contribution in [3.63, 3.8) is 0 Å². The molecule has 6 rings (SSSR count). The minimum absolute atomic E-state index is 0. The van der Waals surface area contributed by atoms with Crippen LogP contribution < -0.4 is 0 Å². The average Bonchev–Trinajstić information content (AvgIpc) is 3.20. The van der Waals surface area contributed by atoms with Gasteiger partial charge in [-0.25, -0.2) is 0 Å². The molecule has 1 N–H and O–H groups in total. The number of benzene rings is 3. The van der Waals surface area contributed by atoms with Gasteiger partial charge in [-0.2, -0.15) is 0 Å². The number of nitrogens with zero attached hydrogens (tertiary/aromatic N) is 1. The summed E-state index contributed by atoms with van der Waals surface area (Å²) in [5, 5.41) is 12.2. The molecule has 0 bridgehead atoms. The Labute approximate surface area is 277 Å². The standard InChI is InChI=1S/C27H22N.C13H24O2.Ir/c1-26(2)19-10-7-11-20-23(19)24-21(26)12-13-28-25(24)18-14-16-8-5-6-9-17(16)15-22(18)27(20,3)4;1-5-10(6-2)12(14)9-13(15)11(7-3)8-4;/h5-13,15H,1-4H3;9-11,14H,5-8H2,1-4H3;/q-1;;/b;12-9-;. The van der Waals surface area contributed by atoms with Gasteiger partial charge in [-0.05, 0) is 65.0 Å². The first kappa shape index (κ1) is 33.8. The molecule has 2 aliphatic carbocycles. The summed E-state index contributed by atoms with van der Waals surface area (Å²) in [6.45, 7) is 17.4. The molecule has 0 aliphatic heterocycles. The van der Waals surface area contributed by atoms with Crippen LogP contribution in [0.4, 0.5) is 0 Å². The van der Waals surface area contributed by atoms with E-state index >= 15 is 0 Å². The molecule has 4 heteroatoms. The van der Waals surface area contributed by atoms with Crippen LogP contribution in [0.5, 0.6) is 0 Å². The summed E-state index contributed by atoms with van der Waals surface area (Å²) in [5.74, 6) is 0.547. The van der Waals surface area contributed by atoms with Crippen molar-refractivity contribution in [2.24, 2.45) is 11.8 Å². The Morgan fingerprint density at radius 1 is 0.795 bits per heavy atom. The second-order valence-corrected chi connectivity index (χ2v) is 13.2. The van der Waals surface area contributed by atoms with E-state index in [1.54, 1.807) is 0 Å². The molecule has 233 valence electrons. The third kappa shape index (κ3) is 5.61. The summed E-state index contributed by atoms with van der Waals surface area (Å²) in [6, 6.07) is 23.7. The first-order chi connectivity index (χ1) is 20.5. The number of carbonyl (C=O) groups excluding carboxylic acids is 1. The average molecular weight is 765 g/mol. The van der Waals surface area contributed by atoms with Gasteiger partial charge in [0.25, 0.3) is 0 Å². The summed E-state index contributed by atoms with van der Waals surface area (Å²) in [4.78, 5) is 16.6. The number of ketones is 1. The number of hydrogen-bond donors (Lipinski definition) is 1. The van der Waals surface area contributed by atoms with E-state index in [-0.39, 0.29) is 54.3 Å². The van der Waals surface area contributed by atoms with Gasteiger partial charge < -0.3 is 5.11 Å². The predicted molar refractivity (Wildman–Crippen MR) is 180 cm³/mol. The van der Waals surface area contributed by atoms with Crippen LogP contribution in [0, 0.1) is 17.9 Å². The van der Waals surface area contributed by atoms with E-state index in [2.05, 4.69) is 88.4 Å². The van der Waals surface area contributed by atoms with Crippen molar-refractivity contribution in [3.8, 4) is 22.4 Å². The Morgan fingerprint density at radius 2 is 1.36 bits per heavy atom. The number of carbonyl (C=O) groups is 1. The van der Waals surface area contributed by atoms with Gasteiger partial charge in [0.15, 0.2) is 5.78 Å². The van der Waals surface area contributed by atoms with E-state index in [0.717, 1.165) is 42.3 Å². The Morgan fingerprint density at radius 3 is 1.98 bits per heavy atom. The molecule has 0 unspecified atom stereocenters. The number of rotatable bonds is 7. The molecule has 0 saturated carbocycles. The summed E-state index contributed by atoms with van der Waals surface area (Å²) in [6.07, 6.45) is 6.88. The molecule has 1 heterocycles. The first-order valence-corrected chi connectivity index (χ1v) is 16.0. The number of hydrogen-bond acceptors (Lipinski definition) is 3. The first-order valence-electron chi connectivity index (χ1n) is 16.0. The van der Waals surface area contributed by atoms with Gasteiger partial charge in [0.05, 0.1) is 5.76 Å². The SMILES string of the molecule is CC1(C)c2cc3ccccc3[c-]c2-c2nccc3c2-c2c1cccc2C3(C)C.CCC(CC)C(=O)/C=C(\O)C(CC)CC.[Ir]. The van der Waals surface area contributed by atoms with Crippen molar-refractivity contribution >= 4 is 16.6 Å². The molecule has 0 saturated heterocycles. The quantitative estimate of drug-likeness (QED) is 0.116. The Kier molecular flexibility index (Phi) is 10.1. The van der Waals surface area contributed by atoms with Crippen molar-refractivity contribution in [2.45, 2.75) is 91.9 Å². The van der Waals surface area contributed by atoms with Crippen LogP contribution in [-0.2, 0) is 35.7 Å². The Bertz CT molecular complexity index is 1710. The van der Waals surface area contributed by atoms with Crippen LogP contribution in [-0.4, -0.2) is 15.9 Å². The summed E-state index contributed by atoms with van der Waals surface area (Å²) < 4.78 is 0. The van der Waals surface area contributed by atoms with E-state index in [1.807, 2.05) is 33.9 Å². The molecule has 0 fully saturated rings. The van der Waals surface area contributed by atoms with Crippen molar-refractivity contribution in [2.75, 3.05) is 0 Å². The van der Waals surface area contributed by atoms with Crippen LogP contribution in [0.15, 0.2) is 72.6 Å². The van der Waals surface area contributed by atoms with E-state index in [9.17, 15) is 9.90 Å². The third-order valence-corrected chi connectivity index (χ3v) is 10.1. The van der Waals surface area contributed by atoms with Gasteiger partial charge in [-0.3, -0.25) is 9.78 Å². The van der Waals surface area contributed by atoms with Gasteiger partial charge in [-0.1, -0.05) is 108 Å². The molecule has 1 aromatic heterocycles. The summed E-state index contributed by atoms with van der Waals surface area (Å²) in [5.41, 5.74) is 10.3.